The molecule has 4 rings (SSSR count). The number of pyridine rings is 1. The fraction of sp³-hybridized carbons (Fsp3) is 0.360. The average molecular weight is 472 g/mol. The van der Waals surface area contributed by atoms with E-state index in [0.717, 1.165) is 6.07 Å². The lowest BCUT2D eigenvalue weighted by Crippen LogP contribution is -2.25. The van der Waals surface area contributed by atoms with Crippen molar-refractivity contribution in [1.29, 1.82) is 0 Å². The molecule has 34 heavy (non-hydrogen) atoms. The van der Waals surface area contributed by atoms with E-state index >= 15 is 0 Å². The number of nitrogens with one attached hydrogen (secondary N) is 1. The molecule has 1 saturated carbocycles. The second-order valence-corrected chi connectivity index (χ2v) is 8.79. The van der Waals surface area contributed by atoms with Crippen LogP contribution in [0.5, 0.6) is 0 Å². The molecule has 1 N–H and O–H groups in total. The third kappa shape index (κ3) is 4.93. The van der Waals surface area contributed by atoms with Gasteiger partial charge >= 0.3 is 0 Å². The number of amides is 1. The van der Waals surface area contributed by atoms with Crippen LogP contribution >= 0.6 is 0 Å². The van der Waals surface area contributed by atoms with Crippen LogP contribution in [-0.2, 0) is 0 Å². The molecule has 0 bridgehead atoms. The SMILES string of the molecule is CC(C)c1ncc(C(=O)Nc2c(-c3cccc(F)c3F)ccnc2C2CCC(F)(F)CC2)cn1. The van der Waals surface area contributed by atoms with Crippen LogP contribution in [-0.4, -0.2) is 26.8 Å². The normalized spacial score (nSPS) is 16.0. The van der Waals surface area contributed by atoms with E-state index < -0.39 is 23.5 Å². The summed E-state index contributed by atoms with van der Waals surface area (Å²) < 4.78 is 56.2. The highest BCUT2D eigenvalue weighted by Gasteiger charge is 2.37. The Balaban J connectivity index is 1.76. The van der Waals surface area contributed by atoms with Gasteiger partial charge in [0, 0.05) is 54.4 Å². The molecule has 3 aromatic rings. The van der Waals surface area contributed by atoms with Gasteiger partial charge in [0.25, 0.3) is 5.91 Å². The number of alkyl halides is 2. The highest BCUT2D eigenvalue weighted by atomic mass is 19.3. The lowest BCUT2D eigenvalue weighted by Gasteiger charge is -2.29. The monoisotopic (exact) mass is 472 g/mol. The maximum Gasteiger partial charge on any atom is 0.258 e. The number of hydrogen-bond donors (Lipinski definition) is 1. The van der Waals surface area contributed by atoms with Crippen LogP contribution in [0, 0.1) is 11.6 Å². The minimum absolute atomic E-state index is 0.0634. The van der Waals surface area contributed by atoms with E-state index in [-0.39, 0.29) is 59.9 Å². The molecule has 1 fully saturated rings. The molecule has 0 unspecified atom stereocenters. The first-order valence-corrected chi connectivity index (χ1v) is 11.1. The van der Waals surface area contributed by atoms with Crippen LogP contribution in [0.4, 0.5) is 23.2 Å². The number of benzene rings is 1. The number of anilines is 1. The van der Waals surface area contributed by atoms with Crippen molar-refractivity contribution < 1.29 is 22.4 Å². The summed E-state index contributed by atoms with van der Waals surface area (Å²) in [6.07, 6.45) is 3.88. The van der Waals surface area contributed by atoms with Crippen LogP contribution in [0.25, 0.3) is 11.1 Å². The lowest BCUT2D eigenvalue weighted by atomic mass is 9.83. The Hall–Kier alpha value is -3.36. The molecule has 2 aromatic heterocycles. The average Bonchev–Trinajstić information content (AvgIpc) is 2.81. The van der Waals surface area contributed by atoms with Gasteiger partial charge < -0.3 is 5.32 Å². The molecule has 0 aliphatic heterocycles. The van der Waals surface area contributed by atoms with Crippen molar-refractivity contribution in [3.63, 3.8) is 0 Å². The van der Waals surface area contributed by atoms with E-state index in [1.54, 1.807) is 0 Å². The van der Waals surface area contributed by atoms with Gasteiger partial charge in [-0.3, -0.25) is 9.78 Å². The minimum atomic E-state index is -2.75. The Morgan fingerprint density at radius 1 is 1.03 bits per heavy atom. The van der Waals surface area contributed by atoms with E-state index in [0.29, 0.717) is 11.5 Å². The molecule has 1 aliphatic carbocycles. The van der Waals surface area contributed by atoms with Gasteiger partial charge in [0.2, 0.25) is 5.92 Å². The lowest BCUT2D eigenvalue weighted by molar-refractivity contribution is -0.0384. The predicted octanol–water partition coefficient (Wildman–Crippen LogP) is 6.49. The summed E-state index contributed by atoms with van der Waals surface area (Å²) in [6.45, 7) is 3.84. The zero-order valence-corrected chi connectivity index (χ0v) is 18.8. The highest BCUT2D eigenvalue weighted by Crippen LogP contribution is 2.44. The molecule has 0 atom stereocenters. The number of nitrogens with zero attached hydrogens (tertiary/aromatic N) is 3. The summed E-state index contributed by atoms with van der Waals surface area (Å²) in [6, 6.07) is 5.21. The van der Waals surface area contributed by atoms with Crippen molar-refractivity contribution in [1.82, 2.24) is 15.0 Å². The third-order valence-corrected chi connectivity index (χ3v) is 6.01. The Bertz CT molecular complexity index is 1190. The number of rotatable bonds is 5. The Labute approximate surface area is 194 Å². The van der Waals surface area contributed by atoms with Gasteiger partial charge in [-0.25, -0.2) is 27.5 Å². The zero-order valence-electron chi connectivity index (χ0n) is 18.8. The Morgan fingerprint density at radius 3 is 2.35 bits per heavy atom. The molecule has 5 nitrogen and oxygen atoms in total. The molecular weight excluding hydrogens is 448 g/mol. The van der Waals surface area contributed by atoms with Crippen molar-refractivity contribution in [3.8, 4) is 11.1 Å². The maximum absolute atomic E-state index is 14.7. The first kappa shape index (κ1) is 23.8. The Morgan fingerprint density at radius 2 is 1.71 bits per heavy atom. The van der Waals surface area contributed by atoms with Crippen molar-refractivity contribution >= 4 is 11.6 Å². The highest BCUT2D eigenvalue weighted by molar-refractivity contribution is 6.06. The Kier molecular flexibility index (Phi) is 6.63. The van der Waals surface area contributed by atoms with E-state index in [4.69, 9.17) is 0 Å². The van der Waals surface area contributed by atoms with Crippen molar-refractivity contribution in [2.75, 3.05) is 5.32 Å². The van der Waals surface area contributed by atoms with Gasteiger partial charge in [-0.2, -0.15) is 0 Å². The summed E-state index contributed by atoms with van der Waals surface area (Å²) in [5, 5.41) is 2.75. The largest absolute Gasteiger partial charge is 0.320 e. The van der Waals surface area contributed by atoms with Crippen molar-refractivity contribution in [2.45, 2.75) is 57.3 Å². The van der Waals surface area contributed by atoms with Gasteiger partial charge in [0.1, 0.15) is 5.82 Å². The first-order chi connectivity index (χ1) is 16.2. The summed E-state index contributed by atoms with van der Waals surface area (Å²) in [7, 11) is 0. The van der Waals surface area contributed by atoms with Gasteiger partial charge in [-0.1, -0.05) is 26.0 Å². The van der Waals surface area contributed by atoms with Crippen LogP contribution in [0.1, 0.15) is 73.2 Å². The van der Waals surface area contributed by atoms with Gasteiger partial charge in [0.15, 0.2) is 11.6 Å². The second-order valence-electron chi connectivity index (χ2n) is 8.79. The number of carbonyl (C=O) groups excluding carboxylic acids is 1. The van der Waals surface area contributed by atoms with E-state index in [1.165, 1.54) is 36.8 Å². The third-order valence-electron chi connectivity index (χ3n) is 6.01. The van der Waals surface area contributed by atoms with Gasteiger partial charge in [-0.15, -0.1) is 0 Å². The second kappa shape index (κ2) is 9.48. The number of aromatic nitrogens is 3. The van der Waals surface area contributed by atoms with Crippen LogP contribution in [0.2, 0.25) is 0 Å². The standard InChI is InChI=1S/C25H24F4N4O/c1-14(2)23-31-12-16(13-32-23)24(34)33-22-18(17-4-3-5-19(26)20(17)27)8-11-30-21(22)15-6-9-25(28,29)10-7-15/h3-5,8,11-15H,6-7,9-10H2,1-2H3,(H,33,34). The summed E-state index contributed by atoms with van der Waals surface area (Å²) in [5.41, 5.74) is 0.851. The molecule has 1 aliphatic rings. The maximum atomic E-state index is 14.7. The molecule has 0 spiro atoms. The van der Waals surface area contributed by atoms with Crippen molar-refractivity contribution in [3.05, 3.63) is 71.6 Å². The van der Waals surface area contributed by atoms with Gasteiger partial charge in [-0.05, 0) is 25.0 Å². The number of halogens is 4. The molecule has 9 heteroatoms. The summed E-state index contributed by atoms with van der Waals surface area (Å²) in [4.78, 5) is 25.8. The molecule has 1 aromatic carbocycles. The van der Waals surface area contributed by atoms with Gasteiger partial charge in [0.05, 0.1) is 16.9 Å². The molecule has 0 saturated heterocycles. The molecule has 178 valence electrons. The first-order valence-electron chi connectivity index (χ1n) is 11.1. The smallest absolute Gasteiger partial charge is 0.258 e. The van der Waals surface area contributed by atoms with Crippen LogP contribution in [0.15, 0.2) is 42.9 Å². The topological polar surface area (TPSA) is 67.8 Å². The predicted molar refractivity (Wildman–Crippen MR) is 120 cm³/mol. The van der Waals surface area contributed by atoms with Crippen molar-refractivity contribution in [2.24, 2.45) is 0 Å². The fourth-order valence-corrected chi connectivity index (χ4v) is 4.11. The number of hydrogen-bond acceptors (Lipinski definition) is 4. The summed E-state index contributed by atoms with van der Waals surface area (Å²) in [5.74, 6) is -5.15. The van der Waals surface area contributed by atoms with E-state index in [1.807, 2.05) is 13.8 Å². The molecule has 0 radical (unpaired) electrons. The van der Waals surface area contributed by atoms with Crippen LogP contribution < -0.4 is 5.32 Å². The van der Waals surface area contributed by atoms with Crippen LogP contribution in [0.3, 0.4) is 0 Å². The zero-order chi connectivity index (χ0) is 24.5. The molecule has 2 heterocycles. The van der Waals surface area contributed by atoms with E-state index in [2.05, 4.69) is 20.3 Å². The summed E-state index contributed by atoms with van der Waals surface area (Å²) >= 11 is 0. The molecular formula is C25H24F4N4O. The quantitative estimate of drug-likeness (QED) is 0.431. The minimum Gasteiger partial charge on any atom is -0.320 e. The number of carbonyl (C=O) groups is 1. The van der Waals surface area contributed by atoms with E-state index in [9.17, 15) is 22.4 Å². The fourth-order valence-electron chi connectivity index (χ4n) is 4.11. The molecule has 1 amide bonds.